The molecule has 182 valence electrons. The van der Waals surface area contributed by atoms with Crippen molar-refractivity contribution >= 4 is 14.1 Å². The van der Waals surface area contributed by atoms with E-state index in [-0.39, 0.29) is 0 Å². The van der Waals surface area contributed by atoms with Gasteiger partial charge < -0.3 is 10.2 Å². The lowest BCUT2D eigenvalue weighted by Crippen LogP contribution is -2.06. The van der Waals surface area contributed by atoms with Crippen molar-refractivity contribution in [1.29, 1.82) is 0 Å². The van der Waals surface area contributed by atoms with E-state index in [0.29, 0.717) is 7.92 Å². The Hall–Kier alpha value is -0.300. The normalized spacial score (nSPS) is 11.9. The molecule has 4 heteroatoms. The molecule has 0 aliphatic carbocycles. The minimum absolute atomic E-state index is 0.305. The maximum atomic E-state index is 8.56. The fourth-order valence-electron chi connectivity index (χ4n) is 3.97. The summed E-state index contributed by atoms with van der Waals surface area (Å²) >= 11 is 0. The Labute approximate surface area is 190 Å². The molecular weight excluding hydrogens is 391 g/mol. The van der Waals surface area contributed by atoms with Crippen LogP contribution in [0.2, 0.25) is 0 Å². The van der Waals surface area contributed by atoms with Gasteiger partial charge in [0, 0.05) is 0 Å². The quantitative estimate of drug-likeness (QED) is 0.136. The van der Waals surface area contributed by atoms with Crippen LogP contribution in [0.4, 0.5) is 4.79 Å². The SMILES string of the molecule is CCCCCCCCP(CCCCCCCC)C(C)CCCCCCC.O=C(O)O. The van der Waals surface area contributed by atoms with Crippen molar-refractivity contribution in [3.8, 4) is 0 Å². The molecule has 0 aromatic carbocycles. The van der Waals surface area contributed by atoms with Crippen LogP contribution in [-0.4, -0.2) is 34.4 Å². The fraction of sp³-hybridized carbons (Fsp3) is 0.962. The van der Waals surface area contributed by atoms with E-state index in [0.717, 1.165) is 5.66 Å². The smallest absolute Gasteiger partial charge is 0.450 e. The Morgan fingerprint density at radius 2 is 0.900 bits per heavy atom. The highest BCUT2D eigenvalue weighted by molar-refractivity contribution is 7.58. The predicted molar refractivity (Wildman–Crippen MR) is 137 cm³/mol. The highest BCUT2D eigenvalue weighted by Crippen LogP contribution is 2.45. The molecule has 0 spiro atoms. The summed E-state index contributed by atoms with van der Waals surface area (Å²) in [5, 5.41) is 13.9. The Balaban J connectivity index is 0. The van der Waals surface area contributed by atoms with Gasteiger partial charge in [-0.15, -0.1) is 7.92 Å². The summed E-state index contributed by atoms with van der Waals surface area (Å²) in [6.07, 6.45) is 27.7. The number of rotatable bonds is 21. The summed E-state index contributed by atoms with van der Waals surface area (Å²) in [6.45, 7) is 9.56. The summed E-state index contributed by atoms with van der Waals surface area (Å²) in [7, 11) is 0.305. The number of carboxylic acid groups (broad SMARTS) is 2. The first-order chi connectivity index (χ1) is 14.5. The van der Waals surface area contributed by atoms with Crippen LogP contribution in [0.3, 0.4) is 0 Å². The molecule has 30 heavy (non-hydrogen) atoms. The van der Waals surface area contributed by atoms with E-state index in [1.54, 1.807) is 12.3 Å². The van der Waals surface area contributed by atoms with Gasteiger partial charge >= 0.3 is 6.16 Å². The van der Waals surface area contributed by atoms with E-state index in [1.807, 2.05) is 0 Å². The van der Waals surface area contributed by atoms with Gasteiger partial charge in [0.05, 0.1) is 0 Å². The van der Waals surface area contributed by atoms with E-state index in [4.69, 9.17) is 15.0 Å². The molecule has 1 atom stereocenters. The van der Waals surface area contributed by atoms with Gasteiger partial charge in [-0.2, -0.15) is 0 Å². The van der Waals surface area contributed by atoms with Crippen LogP contribution in [0.1, 0.15) is 143 Å². The molecule has 0 bridgehead atoms. The van der Waals surface area contributed by atoms with Gasteiger partial charge in [0.15, 0.2) is 0 Å². The highest BCUT2D eigenvalue weighted by atomic mass is 31.1. The molecule has 0 rings (SSSR count). The van der Waals surface area contributed by atoms with E-state index in [1.165, 1.54) is 116 Å². The molecule has 3 nitrogen and oxygen atoms in total. The van der Waals surface area contributed by atoms with Crippen molar-refractivity contribution in [2.24, 2.45) is 0 Å². The summed E-state index contributed by atoms with van der Waals surface area (Å²) < 4.78 is 0. The van der Waals surface area contributed by atoms with Crippen molar-refractivity contribution in [3.63, 3.8) is 0 Å². The number of carbonyl (C=O) groups is 1. The van der Waals surface area contributed by atoms with Crippen LogP contribution in [0.25, 0.3) is 0 Å². The standard InChI is InChI=1S/C25H53P.CH2O3/c1-5-8-11-14-17-20-23-26(24-21-18-15-12-9-6-2)25(4)22-19-16-13-10-7-3;2-1(3)4/h25H,5-24H2,1-4H3;(H2,2,3,4). The van der Waals surface area contributed by atoms with E-state index >= 15 is 0 Å². The molecule has 0 amide bonds. The lowest BCUT2D eigenvalue weighted by atomic mass is 10.1. The minimum Gasteiger partial charge on any atom is -0.450 e. The highest BCUT2D eigenvalue weighted by Gasteiger charge is 2.15. The maximum Gasteiger partial charge on any atom is 0.503 e. The Bertz CT molecular complexity index is 316. The summed E-state index contributed by atoms with van der Waals surface area (Å²) in [4.78, 5) is 8.56. The van der Waals surface area contributed by atoms with E-state index < -0.39 is 6.16 Å². The van der Waals surface area contributed by atoms with Crippen molar-refractivity contribution in [2.75, 3.05) is 12.3 Å². The monoisotopic (exact) mass is 446 g/mol. The molecule has 0 aliphatic heterocycles. The zero-order chi connectivity index (χ0) is 22.9. The van der Waals surface area contributed by atoms with Crippen LogP contribution < -0.4 is 0 Å². The summed E-state index contributed by atoms with van der Waals surface area (Å²) in [5.74, 6) is 0. The van der Waals surface area contributed by atoms with Crippen LogP contribution in [-0.2, 0) is 0 Å². The van der Waals surface area contributed by atoms with E-state index in [9.17, 15) is 0 Å². The Morgan fingerprint density at radius 1 is 0.600 bits per heavy atom. The van der Waals surface area contributed by atoms with Gasteiger partial charge in [0.25, 0.3) is 0 Å². The molecule has 0 aromatic heterocycles. The zero-order valence-corrected chi connectivity index (χ0v) is 21.9. The average molecular weight is 447 g/mol. The summed E-state index contributed by atoms with van der Waals surface area (Å²) in [6, 6.07) is 0. The molecule has 0 heterocycles. The summed E-state index contributed by atoms with van der Waals surface area (Å²) in [5.41, 5.74) is 1.03. The second-order valence-corrected chi connectivity index (χ2v) is 11.9. The molecule has 0 saturated heterocycles. The first-order valence-corrected chi connectivity index (χ1v) is 14.9. The first kappa shape index (κ1) is 31.9. The second kappa shape index (κ2) is 26.7. The van der Waals surface area contributed by atoms with Crippen LogP contribution in [0, 0.1) is 0 Å². The van der Waals surface area contributed by atoms with Gasteiger partial charge in [0.1, 0.15) is 0 Å². The Kier molecular flexibility index (Phi) is 28.4. The third-order valence-electron chi connectivity index (χ3n) is 5.95. The molecule has 2 N–H and O–H groups in total. The average Bonchev–Trinajstić information content (AvgIpc) is 2.70. The number of hydrogen-bond acceptors (Lipinski definition) is 1. The molecule has 1 unspecified atom stereocenters. The van der Waals surface area contributed by atoms with Crippen molar-refractivity contribution < 1.29 is 15.0 Å². The van der Waals surface area contributed by atoms with Crippen LogP contribution >= 0.6 is 7.92 Å². The third kappa shape index (κ3) is 27.7. The zero-order valence-electron chi connectivity index (χ0n) is 21.0. The molecule has 0 fully saturated rings. The van der Waals surface area contributed by atoms with Gasteiger partial charge in [0.2, 0.25) is 0 Å². The predicted octanol–water partition coefficient (Wildman–Crippen LogP) is 10.2. The number of hydrogen-bond donors (Lipinski definition) is 2. The lowest BCUT2D eigenvalue weighted by molar-refractivity contribution is 0.137. The molecular formula is C26H55O3P. The minimum atomic E-state index is -1.83. The molecule has 0 aliphatic rings. The molecule has 0 aromatic rings. The largest absolute Gasteiger partial charge is 0.503 e. The Morgan fingerprint density at radius 3 is 1.27 bits per heavy atom. The molecule has 0 saturated carbocycles. The van der Waals surface area contributed by atoms with Crippen LogP contribution in [0.15, 0.2) is 0 Å². The van der Waals surface area contributed by atoms with Gasteiger partial charge in [-0.3, -0.25) is 0 Å². The van der Waals surface area contributed by atoms with Gasteiger partial charge in [-0.05, 0) is 37.2 Å². The fourth-order valence-corrected chi connectivity index (χ4v) is 6.88. The van der Waals surface area contributed by atoms with Gasteiger partial charge in [-0.25, -0.2) is 4.79 Å². The van der Waals surface area contributed by atoms with Crippen LogP contribution in [0.5, 0.6) is 0 Å². The maximum absolute atomic E-state index is 8.56. The van der Waals surface area contributed by atoms with Crippen molar-refractivity contribution in [1.82, 2.24) is 0 Å². The lowest BCUT2D eigenvalue weighted by Gasteiger charge is -2.25. The first-order valence-electron chi connectivity index (χ1n) is 13.1. The number of unbranched alkanes of at least 4 members (excludes halogenated alkanes) is 14. The topological polar surface area (TPSA) is 57.5 Å². The molecule has 0 radical (unpaired) electrons. The van der Waals surface area contributed by atoms with E-state index in [2.05, 4.69) is 27.7 Å². The second-order valence-electron chi connectivity index (χ2n) is 8.91. The third-order valence-corrected chi connectivity index (χ3v) is 9.23. The van der Waals surface area contributed by atoms with Crippen molar-refractivity contribution in [2.45, 2.75) is 149 Å². The van der Waals surface area contributed by atoms with Crippen molar-refractivity contribution in [3.05, 3.63) is 0 Å². The van der Waals surface area contributed by atoms with Gasteiger partial charge in [-0.1, -0.05) is 124 Å².